The molecular formula is C21H22N4O5S2. The number of hydrogen-bond donors (Lipinski definition) is 2. The summed E-state index contributed by atoms with van der Waals surface area (Å²) < 4.78 is 26.8. The molecule has 9 nitrogen and oxygen atoms in total. The van der Waals surface area contributed by atoms with Gasteiger partial charge in [-0.3, -0.25) is 4.79 Å². The Labute approximate surface area is 189 Å². The normalized spacial score (nSPS) is 12.3. The van der Waals surface area contributed by atoms with Crippen LogP contribution >= 0.6 is 11.8 Å². The van der Waals surface area contributed by atoms with E-state index in [2.05, 4.69) is 15.5 Å². The molecule has 11 heteroatoms. The van der Waals surface area contributed by atoms with Gasteiger partial charge in [0.25, 0.3) is 0 Å². The van der Waals surface area contributed by atoms with Crippen LogP contribution in [-0.4, -0.2) is 45.4 Å². The topological polar surface area (TPSA) is 131 Å². The molecule has 0 fully saturated rings. The number of rotatable bonds is 9. The Morgan fingerprint density at radius 3 is 2.50 bits per heavy atom. The van der Waals surface area contributed by atoms with Crippen LogP contribution in [0.25, 0.3) is 0 Å². The van der Waals surface area contributed by atoms with Crippen molar-refractivity contribution < 1.29 is 23.1 Å². The SMILES string of the molecule is CCC(Sc1nnc(CS(=O)(=O)c2ccccc2)n1C)C(=O)Nc1cccc(C(=O)O)c1. The lowest BCUT2D eigenvalue weighted by molar-refractivity contribution is -0.115. The first kappa shape index (κ1) is 23.5. The maximum absolute atomic E-state index is 12.7. The zero-order valence-electron chi connectivity index (χ0n) is 17.4. The molecule has 1 atom stereocenters. The molecule has 3 rings (SSSR count). The number of amides is 1. The minimum absolute atomic E-state index is 0.0704. The highest BCUT2D eigenvalue weighted by Crippen LogP contribution is 2.26. The van der Waals surface area contributed by atoms with E-state index < -0.39 is 21.1 Å². The molecule has 1 aromatic heterocycles. The van der Waals surface area contributed by atoms with Crippen LogP contribution in [-0.2, 0) is 27.4 Å². The van der Waals surface area contributed by atoms with Crippen molar-refractivity contribution in [2.24, 2.45) is 7.05 Å². The minimum atomic E-state index is -3.58. The van der Waals surface area contributed by atoms with Gasteiger partial charge in [0.1, 0.15) is 11.6 Å². The maximum Gasteiger partial charge on any atom is 0.335 e. The summed E-state index contributed by atoms with van der Waals surface area (Å²) in [6, 6.07) is 14.1. The smallest absolute Gasteiger partial charge is 0.335 e. The third-order valence-corrected chi connectivity index (χ3v) is 7.66. The van der Waals surface area contributed by atoms with Gasteiger partial charge in [-0.2, -0.15) is 0 Å². The van der Waals surface area contributed by atoms with Gasteiger partial charge >= 0.3 is 5.97 Å². The summed E-state index contributed by atoms with van der Waals surface area (Å²) in [5.74, 6) is -1.45. The summed E-state index contributed by atoms with van der Waals surface area (Å²) in [4.78, 5) is 24.1. The van der Waals surface area contributed by atoms with Gasteiger partial charge in [-0.25, -0.2) is 13.2 Å². The van der Waals surface area contributed by atoms with E-state index in [1.807, 2.05) is 6.92 Å². The highest BCUT2D eigenvalue weighted by atomic mass is 32.2. The molecule has 0 saturated carbocycles. The molecule has 0 bridgehead atoms. The lowest BCUT2D eigenvalue weighted by atomic mass is 10.2. The second-order valence-corrected chi connectivity index (χ2v) is 10.1. The molecule has 168 valence electrons. The van der Waals surface area contributed by atoms with Crippen molar-refractivity contribution in [1.82, 2.24) is 14.8 Å². The van der Waals surface area contributed by atoms with E-state index in [0.29, 0.717) is 17.3 Å². The molecule has 32 heavy (non-hydrogen) atoms. The second kappa shape index (κ2) is 9.96. The van der Waals surface area contributed by atoms with Gasteiger partial charge in [-0.1, -0.05) is 43.0 Å². The number of thioether (sulfide) groups is 1. The lowest BCUT2D eigenvalue weighted by Crippen LogP contribution is -2.25. The average molecular weight is 475 g/mol. The quantitative estimate of drug-likeness (QED) is 0.453. The number of benzene rings is 2. The molecule has 2 aromatic carbocycles. The Morgan fingerprint density at radius 2 is 1.84 bits per heavy atom. The number of hydrogen-bond acceptors (Lipinski definition) is 7. The molecule has 1 heterocycles. The summed E-state index contributed by atoms with van der Waals surface area (Å²) in [5.41, 5.74) is 0.447. The number of sulfone groups is 1. The van der Waals surface area contributed by atoms with Crippen LogP contribution < -0.4 is 5.32 Å². The molecule has 0 radical (unpaired) electrons. The van der Waals surface area contributed by atoms with Crippen molar-refractivity contribution in [3.05, 3.63) is 66.0 Å². The van der Waals surface area contributed by atoms with E-state index in [0.717, 1.165) is 11.8 Å². The molecule has 0 spiro atoms. The third-order valence-electron chi connectivity index (χ3n) is 4.63. The second-order valence-electron chi connectivity index (χ2n) is 6.92. The van der Waals surface area contributed by atoms with Gasteiger partial charge < -0.3 is 15.0 Å². The molecule has 2 N–H and O–H groups in total. The fourth-order valence-electron chi connectivity index (χ4n) is 2.86. The summed E-state index contributed by atoms with van der Waals surface area (Å²) in [7, 11) is -1.93. The van der Waals surface area contributed by atoms with Crippen molar-refractivity contribution in [3.63, 3.8) is 0 Å². The number of aromatic nitrogens is 3. The largest absolute Gasteiger partial charge is 0.478 e. The Hall–Kier alpha value is -3.18. The van der Waals surface area contributed by atoms with Crippen molar-refractivity contribution in [3.8, 4) is 0 Å². The molecule has 3 aromatic rings. The highest BCUT2D eigenvalue weighted by Gasteiger charge is 2.24. The highest BCUT2D eigenvalue weighted by molar-refractivity contribution is 8.00. The first-order valence-electron chi connectivity index (χ1n) is 9.68. The molecule has 1 unspecified atom stereocenters. The Balaban J connectivity index is 1.72. The maximum atomic E-state index is 12.7. The van der Waals surface area contributed by atoms with Crippen molar-refractivity contribution in [1.29, 1.82) is 0 Å². The first-order valence-corrected chi connectivity index (χ1v) is 12.2. The molecule has 1 amide bonds. The Bertz CT molecular complexity index is 1230. The van der Waals surface area contributed by atoms with Crippen molar-refractivity contribution in [2.75, 3.05) is 5.32 Å². The number of aromatic carboxylic acids is 1. The van der Waals surface area contributed by atoms with Crippen LogP contribution in [0, 0.1) is 0 Å². The monoisotopic (exact) mass is 474 g/mol. The van der Waals surface area contributed by atoms with Crippen LogP contribution in [0.2, 0.25) is 0 Å². The molecule has 0 aliphatic heterocycles. The number of carboxylic acid groups (broad SMARTS) is 1. The van der Waals surface area contributed by atoms with E-state index in [1.165, 1.54) is 24.3 Å². The van der Waals surface area contributed by atoms with Crippen LogP contribution in [0.15, 0.2) is 64.6 Å². The Morgan fingerprint density at radius 1 is 1.12 bits per heavy atom. The molecule has 0 saturated heterocycles. The fourth-order valence-corrected chi connectivity index (χ4v) is 5.13. The number of nitrogens with zero attached hydrogens (tertiary/aromatic N) is 3. The summed E-state index contributed by atoms with van der Waals surface area (Å²) in [6.07, 6.45) is 0.472. The molecule has 0 aliphatic rings. The number of nitrogens with one attached hydrogen (secondary N) is 1. The van der Waals surface area contributed by atoms with Crippen LogP contribution in [0.3, 0.4) is 0 Å². The van der Waals surface area contributed by atoms with Gasteiger partial charge in [-0.05, 0) is 36.8 Å². The summed E-state index contributed by atoms with van der Waals surface area (Å²) in [5, 5.41) is 19.8. The number of anilines is 1. The zero-order valence-corrected chi connectivity index (χ0v) is 19.1. The van der Waals surface area contributed by atoms with E-state index in [-0.39, 0.29) is 27.9 Å². The van der Waals surface area contributed by atoms with Gasteiger partial charge in [0.2, 0.25) is 5.91 Å². The van der Waals surface area contributed by atoms with Crippen molar-refractivity contribution >= 4 is 39.2 Å². The number of carbonyl (C=O) groups is 2. The van der Waals surface area contributed by atoms with Gasteiger partial charge in [-0.15, -0.1) is 10.2 Å². The van der Waals surface area contributed by atoms with E-state index in [1.54, 1.807) is 41.9 Å². The zero-order chi connectivity index (χ0) is 23.3. The summed E-state index contributed by atoms with van der Waals surface area (Å²) >= 11 is 1.16. The average Bonchev–Trinajstić information content (AvgIpc) is 3.11. The first-order chi connectivity index (χ1) is 15.2. The van der Waals surface area contributed by atoms with Gasteiger partial charge in [0.15, 0.2) is 15.0 Å². The van der Waals surface area contributed by atoms with E-state index in [4.69, 9.17) is 5.11 Å². The van der Waals surface area contributed by atoms with Crippen LogP contribution in [0.4, 0.5) is 5.69 Å². The van der Waals surface area contributed by atoms with E-state index in [9.17, 15) is 18.0 Å². The third kappa shape index (κ3) is 5.54. The van der Waals surface area contributed by atoms with Crippen LogP contribution in [0.1, 0.15) is 29.5 Å². The Kier molecular flexibility index (Phi) is 7.31. The predicted octanol–water partition coefficient (Wildman–Crippen LogP) is 3.00. The fraction of sp³-hybridized carbons (Fsp3) is 0.238. The lowest BCUT2D eigenvalue weighted by Gasteiger charge is -2.14. The summed E-state index contributed by atoms with van der Waals surface area (Å²) in [6.45, 7) is 1.84. The minimum Gasteiger partial charge on any atom is -0.478 e. The van der Waals surface area contributed by atoms with E-state index >= 15 is 0 Å². The number of carbonyl (C=O) groups excluding carboxylic acids is 1. The molecular weight excluding hydrogens is 452 g/mol. The molecule has 0 aliphatic carbocycles. The van der Waals surface area contributed by atoms with Crippen LogP contribution in [0.5, 0.6) is 0 Å². The standard InChI is InChI=1S/C21H22N4O5S2/c1-3-17(19(26)22-15-9-7-8-14(12-15)20(27)28)31-21-24-23-18(25(21)2)13-32(29,30)16-10-5-4-6-11-16/h4-12,17H,3,13H2,1-2H3,(H,22,26)(H,27,28). The van der Waals surface area contributed by atoms with Gasteiger partial charge in [0.05, 0.1) is 15.7 Å². The van der Waals surface area contributed by atoms with Crippen molar-refractivity contribution in [2.45, 2.75) is 34.4 Å². The number of carboxylic acids is 1. The predicted molar refractivity (Wildman–Crippen MR) is 120 cm³/mol. The van der Waals surface area contributed by atoms with Gasteiger partial charge in [0, 0.05) is 12.7 Å².